The van der Waals surface area contributed by atoms with E-state index in [1.807, 2.05) is 18.2 Å². The van der Waals surface area contributed by atoms with Gasteiger partial charge in [-0.25, -0.2) is 0 Å². The number of hydrogen-bond acceptors (Lipinski definition) is 4. The molecule has 32 heavy (non-hydrogen) atoms. The summed E-state index contributed by atoms with van der Waals surface area (Å²) in [5, 5.41) is 16.6. The lowest BCUT2D eigenvalue weighted by Crippen LogP contribution is -2.24. The summed E-state index contributed by atoms with van der Waals surface area (Å²) in [7, 11) is 0. The van der Waals surface area contributed by atoms with E-state index in [4.69, 9.17) is 23.2 Å². The van der Waals surface area contributed by atoms with Crippen LogP contribution >= 0.6 is 39.1 Å². The van der Waals surface area contributed by atoms with Gasteiger partial charge in [0.25, 0.3) is 0 Å². The minimum absolute atomic E-state index is 0.0105. The molecule has 8 heteroatoms. The van der Waals surface area contributed by atoms with Crippen molar-refractivity contribution in [1.29, 1.82) is 0 Å². The highest BCUT2D eigenvalue weighted by Crippen LogP contribution is 2.27. The second-order valence-corrected chi connectivity index (χ2v) is 8.71. The predicted molar refractivity (Wildman–Crippen MR) is 131 cm³/mol. The molecule has 0 aliphatic rings. The molecule has 0 heterocycles. The summed E-state index contributed by atoms with van der Waals surface area (Å²) in [6, 6.07) is 20.8. The van der Waals surface area contributed by atoms with Crippen molar-refractivity contribution >= 4 is 62.2 Å². The number of nitrogens with one attached hydrogen (secondary N) is 1. The van der Waals surface area contributed by atoms with Gasteiger partial charge < -0.3 is 10.5 Å². The fraction of sp³-hybridized carbons (Fsp3) is 0.125. The molecule has 164 valence electrons. The summed E-state index contributed by atoms with van der Waals surface area (Å²) < 4.78 is 0.848. The molecule has 0 aliphatic heterocycles. The molecule has 3 aromatic carbocycles. The van der Waals surface area contributed by atoms with Gasteiger partial charge in [-0.15, -0.1) is 0 Å². The molecule has 0 saturated heterocycles. The molecule has 1 amide bonds. The van der Waals surface area contributed by atoms with Gasteiger partial charge in [0, 0.05) is 22.1 Å². The smallest absolute Gasteiger partial charge is 0.224 e. The summed E-state index contributed by atoms with van der Waals surface area (Å²) in [6.45, 7) is 0. The number of nitrogens with zero attached hydrogens (tertiary/aromatic N) is 1. The number of anilines is 1. The van der Waals surface area contributed by atoms with E-state index in [-0.39, 0.29) is 30.2 Å². The van der Waals surface area contributed by atoms with E-state index >= 15 is 0 Å². The minimum atomic E-state index is -0.819. The Hall–Kier alpha value is -2.67. The zero-order chi connectivity index (χ0) is 23.1. The minimum Gasteiger partial charge on any atom is -0.411 e. The molecule has 0 unspecified atom stereocenters. The molecule has 0 bridgehead atoms. The number of hydrogen-bond donors (Lipinski definition) is 2. The van der Waals surface area contributed by atoms with E-state index in [9.17, 15) is 14.8 Å². The number of oxime groups is 1. The zero-order valence-electron chi connectivity index (χ0n) is 16.8. The molecule has 0 aromatic heterocycles. The van der Waals surface area contributed by atoms with Crippen molar-refractivity contribution in [2.45, 2.75) is 18.8 Å². The quantitative estimate of drug-likeness (QED) is 0.142. The molecule has 0 saturated carbocycles. The standard InChI is InChI=1S/C24H19BrCl2N2O3/c25-17-8-6-16(7-9-17)24(31)23(15-4-2-1-3-5-15)21(29-32)12-13-22(30)28-18-10-11-19(26)20(27)14-18/h1-11,14,23,32H,12-13H2,(H,28,30)/b29-21+/t23-/m0/s1. The number of ketones is 1. The molecular formula is C24H19BrCl2N2O3. The third-order valence-corrected chi connectivity index (χ3v) is 6.06. The van der Waals surface area contributed by atoms with Crippen LogP contribution in [0, 0.1) is 0 Å². The van der Waals surface area contributed by atoms with Gasteiger partial charge in [-0.05, 0) is 42.3 Å². The Morgan fingerprint density at radius 1 is 0.938 bits per heavy atom. The Morgan fingerprint density at radius 2 is 1.62 bits per heavy atom. The molecule has 2 N–H and O–H groups in total. The van der Waals surface area contributed by atoms with Gasteiger partial charge in [-0.2, -0.15) is 0 Å². The average molecular weight is 534 g/mol. The topological polar surface area (TPSA) is 78.8 Å². The maximum atomic E-state index is 13.3. The highest BCUT2D eigenvalue weighted by atomic mass is 79.9. The SMILES string of the molecule is O=C(CC/C(=N\O)[C@@H](C(=O)c1ccc(Br)cc1)c1ccccc1)Nc1ccc(Cl)c(Cl)c1. The Balaban J connectivity index is 1.78. The molecule has 0 fully saturated rings. The number of Topliss-reactive ketones (excluding diaryl/α,β-unsaturated/α-hetero) is 1. The highest BCUT2D eigenvalue weighted by molar-refractivity contribution is 9.10. The third-order valence-electron chi connectivity index (χ3n) is 4.80. The van der Waals surface area contributed by atoms with E-state index in [2.05, 4.69) is 26.4 Å². The van der Waals surface area contributed by atoms with E-state index < -0.39 is 5.92 Å². The molecule has 3 aromatic rings. The summed E-state index contributed by atoms with van der Waals surface area (Å²) in [6.07, 6.45) is 0.0993. The van der Waals surface area contributed by atoms with Crippen LogP contribution in [0.15, 0.2) is 82.4 Å². The zero-order valence-corrected chi connectivity index (χ0v) is 19.9. The molecule has 0 aliphatic carbocycles. The van der Waals surface area contributed by atoms with Crippen molar-refractivity contribution in [2.75, 3.05) is 5.32 Å². The van der Waals surface area contributed by atoms with Crippen molar-refractivity contribution in [3.63, 3.8) is 0 Å². The predicted octanol–water partition coefficient (Wildman–Crippen LogP) is 6.97. The van der Waals surface area contributed by atoms with Crippen molar-refractivity contribution in [3.05, 3.63) is 98.4 Å². The van der Waals surface area contributed by atoms with Crippen molar-refractivity contribution in [3.8, 4) is 0 Å². The van der Waals surface area contributed by atoms with Crippen molar-refractivity contribution < 1.29 is 14.8 Å². The lowest BCUT2D eigenvalue weighted by Gasteiger charge is -2.18. The first-order valence-corrected chi connectivity index (χ1v) is 11.2. The van der Waals surface area contributed by atoms with Crippen molar-refractivity contribution in [2.24, 2.45) is 5.16 Å². The van der Waals surface area contributed by atoms with Gasteiger partial charge >= 0.3 is 0 Å². The van der Waals surface area contributed by atoms with Gasteiger partial charge in [0.1, 0.15) is 0 Å². The molecule has 3 rings (SSSR count). The Labute approximate surface area is 204 Å². The first-order valence-electron chi connectivity index (χ1n) is 9.69. The summed E-state index contributed by atoms with van der Waals surface area (Å²) in [5.41, 5.74) is 1.85. The van der Waals surface area contributed by atoms with Crippen LogP contribution in [0.5, 0.6) is 0 Å². The van der Waals surface area contributed by atoms with Crippen LogP contribution < -0.4 is 5.32 Å². The van der Waals surface area contributed by atoms with E-state index in [1.54, 1.807) is 54.6 Å². The monoisotopic (exact) mass is 532 g/mol. The maximum absolute atomic E-state index is 13.3. The number of carbonyl (C=O) groups excluding carboxylic acids is 2. The molecule has 5 nitrogen and oxygen atoms in total. The van der Waals surface area contributed by atoms with Crippen LogP contribution in [0.4, 0.5) is 5.69 Å². The largest absolute Gasteiger partial charge is 0.411 e. The first kappa shape index (κ1) is 24.0. The number of rotatable bonds is 8. The number of benzene rings is 3. The van der Waals surface area contributed by atoms with E-state index in [0.717, 1.165) is 4.47 Å². The fourth-order valence-corrected chi connectivity index (χ4v) is 3.77. The fourth-order valence-electron chi connectivity index (χ4n) is 3.21. The molecule has 1 atom stereocenters. The molecule has 0 radical (unpaired) electrons. The summed E-state index contributed by atoms with van der Waals surface area (Å²) >= 11 is 15.2. The lowest BCUT2D eigenvalue weighted by atomic mass is 9.85. The van der Waals surface area contributed by atoms with E-state index in [0.29, 0.717) is 26.9 Å². The van der Waals surface area contributed by atoms with Crippen LogP contribution in [0.1, 0.15) is 34.7 Å². The lowest BCUT2D eigenvalue weighted by molar-refractivity contribution is -0.116. The maximum Gasteiger partial charge on any atom is 0.224 e. The first-order chi connectivity index (χ1) is 15.4. The van der Waals surface area contributed by atoms with Crippen LogP contribution in [0.2, 0.25) is 10.0 Å². The van der Waals surface area contributed by atoms with Gasteiger partial charge in [0.05, 0.1) is 21.7 Å². The summed E-state index contributed by atoms with van der Waals surface area (Å²) in [4.78, 5) is 25.8. The van der Waals surface area contributed by atoms with Crippen LogP contribution in [0.3, 0.4) is 0 Å². The Morgan fingerprint density at radius 3 is 2.25 bits per heavy atom. The summed E-state index contributed by atoms with van der Waals surface area (Å²) in [5.74, 6) is -1.35. The van der Waals surface area contributed by atoms with Gasteiger partial charge in [0.2, 0.25) is 5.91 Å². The van der Waals surface area contributed by atoms with Crippen LogP contribution in [-0.2, 0) is 4.79 Å². The number of amides is 1. The van der Waals surface area contributed by atoms with Gasteiger partial charge in [-0.1, -0.05) is 86.8 Å². The number of carbonyl (C=O) groups is 2. The van der Waals surface area contributed by atoms with Crippen LogP contribution in [-0.4, -0.2) is 22.6 Å². The number of halogens is 3. The Kier molecular flexibility index (Phi) is 8.45. The van der Waals surface area contributed by atoms with Gasteiger partial charge in [-0.3, -0.25) is 9.59 Å². The third kappa shape index (κ3) is 6.19. The molecule has 0 spiro atoms. The Bertz CT molecular complexity index is 1140. The van der Waals surface area contributed by atoms with Gasteiger partial charge in [0.15, 0.2) is 5.78 Å². The second kappa shape index (κ2) is 11.3. The van der Waals surface area contributed by atoms with Crippen LogP contribution in [0.25, 0.3) is 0 Å². The normalized spacial score (nSPS) is 12.3. The highest BCUT2D eigenvalue weighted by Gasteiger charge is 2.28. The average Bonchev–Trinajstić information content (AvgIpc) is 2.79. The van der Waals surface area contributed by atoms with E-state index in [1.165, 1.54) is 0 Å². The second-order valence-electron chi connectivity index (χ2n) is 6.98. The molecular weight excluding hydrogens is 515 g/mol. The van der Waals surface area contributed by atoms with Crippen molar-refractivity contribution in [1.82, 2.24) is 0 Å².